The average molecular weight is 420 g/mol. The molecule has 0 saturated carbocycles. The van der Waals surface area contributed by atoms with Gasteiger partial charge in [0, 0.05) is 16.7 Å². The number of benzene rings is 1. The standard InChI is InChI=1S/C17H14ClN5O2S2/c1-24-12-4-3-10(7-13(12)25-2)16-19-11(8-26-16)9-27-17-21-20-15-6-5-14(18)22-23(15)17/h3-8H,9H2,1-2H3. The predicted octanol–water partition coefficient (Wildman–Crippen LogP) is 4.21. The van der Waals surface area contributed by atoms with E-state index in [4.69, 9.17) is 26.1 Å². The average Bonchev–Trinajstić information content (AvgIpc) is 3.32. The van der Waals surface area contributed by atoms with Crippen LogP contribution in [0, 0.1) is 0 Å². The number of methoxy groups -OCH3 is 2. The van der Waals surface area contributed by atoms with E-state index in [-0.39, 0.29) is 0 Å². The number of nitrogens with zero attached hydrogens (tertiary/aromatic N) is 5. The summed E-state index contributed by atoms with van der Waals surface area (Å²) in [6.45, 7) is 0. The first-order valence-corrected chi connectivity index (χ1v) is 10.1. The van der Waals surface area contributed by atoms with Gasteiger partial charge in [0.2, 0.25) is 5.16 Å². The normalized spacial score (nSPS) is 11.1. The smallest absolute Gasteiger partial charge is 0.212 e. The Kier molecular flexibility index (Phi) is 5.15. The van der Waals surface area contributed by atoms with Crippen molar-refractivity contribution in [3.05, 3.63) is 46.6 Å². The van der Waals surface area contributed by atoms with Crippen molar-refractivity contribution >= 4 is 40.3 Å². The molecule has 0 radical (unpaired) electrons. The molecule has 0 aliphatic carbocycles. The quantitative estimate of drug-likeness (QED) is 0.433. The van der Waals surface area contributed by atoms with Crippen molar-refractivity contribution in [2.75, 3.05) is 14.2 Å². The zero-order valence-electron chi connectivity index (χ0n) is 14.4. The van der Waals surface area contributed by atoms with Gasteiger partial charge in [-0.2, -0.15) is 9.61 Å². The number of thiazole rings is 1. The molecule has 3 heterocycles. The minimum atomic E-state index is 0.397. The molecule has 7 nitrogen and oxygen atoms in total. The minimum Gasteiger partial charge on any atom is -0.493 e. The molecule has 0 saturated heterocycles. The number of hydrogen-bond donors (Lipinski definition) is 0. The van der Waals surface area contributed by atoms with Crippen LogP contribution in [0.15, 0.2) is 40.9 Å². The SMILES string of the molecule is COc1ccc(-c2nc(CSc3nnc4ccc(Cl)nn34)cs2)cc1OC. The molecule has 0 N–H and O–H groups in total. The monoisotopic (exact) mass is 419 g/mol. The van der Waals surface area contributed by atoms with Crippen molar-refractivity contribution in [2.45, 2.75) is 10.9 Å². The van der Waals surface area contributed by atoms with E-state index in [1.807, 2.05) is 23.6 Å². The zero-order valence-corrected chi connectivity index (χ0v) is 16.8. The lowest BCUT2D eigenvalue weighted by Gasteiger charge is -2.08. The number of ether oxygens (including phenoxy) is 2. The lowest BCUT2D eigenvalue weighted by molar-refractivity contribution is 0.355. The summed E-state index contributed by atoms with van der Waals surface area (Å²) in [5.74, 6) is 2.02. The Hall–Kier alpha value is -2.36. The molecule has 0 aliphatic rings. The molecule has 0 unspecified atom stereocenters. The number of fused-ring (bicyclic) bond motifs is 1. The Bertz CT molecular complexity index is 1100. The van der Waals surface area contributed by atoms with Gasteiger partial charge in [-0.15, -0.1) is 21.5 Å². The van der Waals surface area contributed by atoms with E-state index < -0.39 is 0 Å². The lowest BCUT2D eigenvalue weighted by Crippen LogP contribution is -1.94. The van der Waals surface area contributed by atoms with E-state index in [1.54, 1.807) is 42.2 Å². The van der Waals surface area contributed by atoms with Crippen molar-refractivity contribution in [3.8, 4) is 22.1 Å². The Balaban J connectivity index is 1.52. The second-order valence-electron chi connectivity index (χ2n) is 5.41. The van der Waals surface area contributed by atoms with Gasteiger partial charge in [-0.05, 0) is 30.3 Å². The molecule has 10 heteroatoms. The Morgan fingerprint density at radius 1 is 1.11 bits per heavy atom. The Morgan fingerprint density at radius 3 is 2.78 bits per heavy atom. The maximum Gasteiger partial charge on any atom is 0.212 e. The van der Waals surface area contributed by atoms with E-state index in [0.29, 0.717) is 33.2 Å². The summed E-state index contributed by atoms with van der Waals surface area (Å²) in [6.07, 6.45) is 0. The van der Waals surface area contributed by atoms with Crippen LogP contribution in [0.25, 0.3) is 16.2 Å². The van der Waals surface area contributed by atoms with Crippen LogP contribution in [0.3, 0.4) is 0 Å². The number of thioether (sulfide) groups is 1. The fourth-order valence-corrected chi connectivity index (χ4v) is 4.29. The summed E-state index contributed by atoms with van der Waals surface area (Å²) >= 11 is 9.04. The topological polar surface area (TPSA) is 74.4 Å². The van der Waals surface area contributed by atoms with Gasteiger partial charge in [0.05, 0.1) is 19.9 Å². The summed E-state index contributed by atoms with van der Waals surface area (Å²) in [5, 5.41) is 16.5. The van der Waals surface area contributed by atoms with Gasteiger partial charge < -0.3 is 9.47 Å². The number of halogens is 1. The van der Waals surface area contributed by atoms with Crippen LogP contribution in [0.5, 0.6) is 11.5 Å². The molecule has 0 atom stereocenters. The third-order valence-corrected chi connectivity index (χ3v) is 5.83. The van der Waals surface area contributed by atoms with E-state index >= 15 is 0 Å². The van der Waals surface area contributed by atoms with Gasteiger partial charge >= 0.3 is 0 Å². The van der Waals surface area contributed by atoms with E-state index in [2.05, 4.69) is 15.3 Å². The number of rotatable bonds is 6. The van der Waals surface area contributed by atoms with E-state index in [9.17, 15) is 0 Å². The highest BCUT2D eigenvalue weighted by Crippen LogP contribution is 2.34. The fraction of sp³-hybridized carbons (Fsp3) is 0.176. The highest BCUT2D eigenvalue weighted by atomic mass is 35.5. The lowest BCUT2D eigenvalue weighted by atomic mass is 10.2. The second kappa shape index (κ2) is 7.71. The van der Waals surface area contributed by atoms with Crippen molar-refractivity contribution in [3.63, 3.8) is 0 Å². The van der Waals surface area contributed by atoms with Gasteiger partial charge in [0.25, 0.3) is 0 Å². The summed E-state index contributed by atoms with van der Waals surface area (Å²) in [6, 6.07) is 9.24. The van der Waals surface area contributed by atoms with Crippen LogP contribution in [-0.4, -0.2) is 39.0 Å². The van der Waals surface area contributed by atoms with E-state index in [0.717, 1.165) is 16.3 Å². The molecular weight excluding hydrogens is 406 g/mol. The summed E-state index contributed by atoms with van der Waals surface area (Å²) in [7, 11) is 3.24. The molecule has 0 fully saturated rings. The zero-order chi connectivity index (χ0) is 18.8. The number of hydrogen-bond acceptors (Lipinski definition) is 8. The highest BCUT2D eigenvalue weighted by Gasteiger charge is 2.12. The summed E-state index contributed by atoms with van der Waals surface area (Å²) in [5.41, 5.74) is 2.59. The van der Waals surface area contributed by atoms with Gasteiger partial charge in [-0.3, -0.25) is 0 Å². The summed E-state index contributed by atoms with van der Waals surface area (Å²) in [4.78, 5) is 4.71. The second-order valence-corrected chi connectivity index (χ2v) is 7.60. The van der Waals surface area contributed by atoms with Crippen molar-refractivity contribution < 1.29 is 9.47 Å². The summed E-state index contributed by atoms with van der Waals surface area (Å²) < 4.78 is 12.3. The molecule has 0 amide bonds. The van der Waals surface area contributed by atoms with Crippen LogP contribution in [-0.2, 0) is 5.75 Å². The molecule has 4 rings (SSSR count). The van der Waals surface area contributed by atoms with Gasteiger partial charge in [-0.1, -0.05) is 23.4 Å². The van der Waals surface area contributed by atoms with Crippen LogP contribution in [0.4, 0.5) is 0 Å². The molecular formula is C17H14ClN5O2S2. The van der Waals surface area contributed by atoms with Crippen molar-refractivity contribution in [2.24, 2.45) is 0 Å². The first-order valence-electron chi connectivity index (χ1n) is 7.85. The van der Waals surface area contributed by atoms with Crippen LogP contribution < -0.4 is 9.47 Å². The van der Waals surface area contributed by atoms with Gasteiger partial charge in [-0.25, -0.2) is 4.98 Å². The molecule has 0 aliphatic heterocycles. The first-order chi connectivity index (χ1) is 13.2. The third kappa shape index (κ3) is 3.71. The number of aromatic nitrogens is 5. The van der Waals surface area contributed by atoms with E-state index in [1.165, 1.54) is 11.8 Å². The third-order valence-electron chi connectivity index (χ3n) is 3.73. The molecule has 0 bridgehead atoms. The minimum absolute atomic E-state index is 0.397. The molecule has 3 aromatic heterocycles. The van der Waals surface area contributed by atoms with Crippen LogP contribution >= 0.6 is 34.7 Å². The molecule has 138 valence electrons. The Morgan fingerprint density at radius 2 is 1.96 bits per heavy atom. The van der Waals surface area contributed by atoms with Crippen LogP contribution in [0.2, 0.25) is 5.15 Å². The molecule has 0 spiro atoms. The van der Waals surface area contributed by atoms with Gasteiger partial charge in [0.1, 0.15) is 10.2 Å². The maximum absolute atomic E-state index is 5.96. The fourth-order valence-electron chi connectivity index (χ4n) is 2.45. The largest absolute Gasteiger partial charge is 0.493 e. The predicted molar refractivity (Wildman–Crippen MR) is 106 cm³/mol. The molecule has 4 aromatic rings. The first kappa shape index (κ1) is 18.0. The van der Waals surface area contributed by atoms with Gasteiger partial charge in [0.15, 0.2) is 17.1 Å². The highest BCUT2D eigenvalue weighted by molar-refractivity contribution is 7.98. The van der Waals surface area contributed by atoms with Crippen molar-refractivity contribution in [1.82, 2.24) is 24.8 Å². The Labute approximate surface area is 168 Å². The van der Waals surface area contributed by atoms with Crippen molar-refractivity contribution in [1.29, 1.82) is 0 Å². The molecule has 1 aromatic carbocycles. The maximum atomic E-state index is 5.96. The van der Waals surface area contributed by atoms with Crippen LogP contribution in [0.1, 0.15) is 5.69 Å². The molecule has 27 heavy (non-hydrogen) atoms.